The number of aliphatic hydroxyl groups excluding tert-OH is 2. The van der Waals surface area contributed by atoms with Crippen LogP contribution in [0.4, 0.5) is 11.8 Å². The van der Waals surface area contributed by atoms with Crippen LogP contribution >= 0.6 is 0 Å². The number of ether oxygens (including phenoxy) is 2. The van der Waals surface area contributed by atoms with Gasteiger partial charge in [-0.1, -0.05) is 0 Å². The fourth-order valence-corrected chi connectivity index (χ4v) is 3.73. The summed E-state index contributed by atoms with van der Waals surface area (Å²) in [5.74, 6) is 1.01. The molecule has 0 aliphatic carbocycles. The monoisotopic (exact) mass is 466 g/mol. The van der Waals surface area contributed by atoms with E-state index in [1.54, 1.807) is 11.6 Å². The zero-order valence-corrected chi connectivity index (χ0v) is 19.3. The first-order valence-corrected chi connectivity index (χ1v) is 10.9. The molecule has 1 saturated heterocycles. The zero-order valence-electron chi connectivity index (χ0n) is 19.3. The van der Waals surface area contributed by atoms with Crippen molar-refractivity contribution in [2.24, 2.45) is 0 Å². The highest BCUT2D eigenvalue weighted by atomic mass is 16.7. The molecule has 1 fully saturated rings. The lowest BCUT2D eigenvalue weighted by Crippen LogP contribution is -2.38. The van der Waals surface area contributed by atoms with Crippen LogP contribution in [0.2, 0.25) is 0 Å². The third kappa shape index (κ3) is 5.81. The Morgan fingerprint density at radius 1 is 1.33 bits per heavy atom. The van der Waals surface area contributed by atoms with Crippen molar-refractivity contribution in [2.75, 3.05) is 51.4 Å². The van der Waals surface area contributed by atoms with Gasteiger partial charge in [0.2, 0.25) is 11.8 Å². The molecule has 2 unspecified atom stereocenters. The first-order valence-electron chi connectivity index (χ1n) is 10.9. The van der Waals surface area contributed by atoms with E-state index < -0.39 is 24.5 Å². The Kier molecular flexibility index (Phi) is 8.63. The summed E-state index contributed by atoms with van der Waals surface area (Å²) in [6.07, 6.45) is -0.686. The van der Waals surface area contributed by atoms with E-state index >= 15 is 0 Å². The van der Waals surface area contributed by atoms with Crippen molar-refractivity contribution in [3.63, 3.8) is 0 Å². The van der Waals surface area contributed by atoms with Crippen molar-refractivity contribution < 1.29 is 24.5 Å². The fraction of sp³-hybridized carbons (Fsp3) is 0.650. The van der Waals surface area contributed by atoms with Gasteiger partial charge in [0.15, 0.2) is 23.2 Å². The van der Waals surface area contributed by atoms with Gasteiger partial charge in [0.05, 0.1) is 13.2 Å². The van der Waals surface area contributed by atoms with E-state index in [9.17, 15) is 10.2 Å². The van der Waals surface area contributed by atoms with E-state index in [0.717, 1.165) is 19.4 Å². The summed E-state index contributed by atoms with van der Waals surface area (Å²) in [6.45, 7) is 7.78. The van der Waals surface area contributed by atoms with Crippen LogP contribution in [0.25, 0.3) is 11.2 Å². The van der Waals surface area contributed by atoms with Crippen LogP contribution in [0.1, 0.15) is 26.0 Å². The predicted molar refractivity (Wildman–Crippen MR) is 122 cm³/mol. The van der Waals surface area contributed by atoms with Gasteiger partial charge in [-0.25, -0.2) is 20.4 Å². The summed E-state index contributed by atoms with van der Waals surface area (Å²) >= 11 is 0. The molecule has 184 valence electrons. The Balaban J connectivity index is 1.53. The molecule has 1 aliphatic heterocycles. The Hall–Kier alpha value is -2.71. The average molecular weight is 467 g/mol. The SMILES string of the molecule is C=C(NOCCCCN(C)C[C@H]1O[C@@H](n2c(NC)nc3c(N)ncnc32)C(O)C1O)OCC. The third-order valence-corrected chi connectivity index (χ3v) is 5.35. The van der Waals surface area contributed by atoms with Gasteiger partial charge in [0.1, 0.15) is 24.6 Å². The summed E-state index contributed by atoms with van der Waals surface area (Å²) in [7, 11) is 3.63. The predicted octanol–water partition coefficient (Wildman–Crippen LogP) is -0.190. The fourth-order valence-electron chi connectivity index (χ4n) is 3.73. The smallest absolute Gasteiger partial charge is 0.207 e. The van der Waals surface area contributed by atoms with Gasteiger partial charge < -0.3 is 35.6 Å². The van der Waals surface area contributed by atoms with Gasteiger partial charge in [-0.2, -0.15) is 0 Å². The number of hydrogen-bond acceptors (Lipinski definition) is 12. The van der Waals surface area contributed by atoms with E-state index in [4.69, 9.17) is 20.0 Å². The zero-order chi connectivity index (χ0) is 24.0. The molecule has 0 saturated carbocycles. The number of nitrogen functional groups attached to an aromatic ring is 1. The lowest BCUT2D eigenvalue weighted by molar-refractivity contribution is -0.0413. The minimum atomic E-state index is -1.16. The second-order valence-corrected chi connectivity index (χ2v) is 7.81. The van der Waals surface area contributed by atoms with Crippen LogP contribution < -0.4 is 16.5 Å². The number of unbranched alkanes of at least 4 members (excludes halogenated alkanes) is 1. The van der Waals surface area contributed by atoms with Crippen molar-refractivity contribution in [2.45, 2.75) is 44.3 Å². The summed E-state index contributed by atoms with van der Waals surface area (Å²) in [5.41, 5.74) is 9.37. The number of aliphatic hydroxyl groups is 2. The van der Waals surface area contributed by atoms with E-state index in [-0.39, 0.29) is 5.82 Å². The second kappa shape index (κ2) is 11.4. The molecule has 0 amide bonds. The van der Waals surface area contributed by atoms with Crippen LogP contribution in [-0.2, 0) is 14.3 Å². The van der Waals surface area contributed by atoms with Gasteiger partial charge in [0.25, 0.3) is 0 Å². The van der Waals surface area contributed by atoms with Crippen molar-refractivity contribution in [1.29, 1.82) is 0 Å². The molecular weight excluding hydrogens is 432 g/mol. The lowest BCUT2D eigenvalue weighted by atomic mass is 10.1. The number of nitrogens with zero attached hydrogens (tertiary/aromatic N) is 5. The lowest BCUT2D eigenvalue weighted by Gasteiger charge is -2.23. The number of rotatable bonds is 13. The molecule has 2 aromatic heterocycles. The van der Waals surface area contributed by atoms with Crippen LogP contribution in [0.5, 0.6) is 0 Å². The molecule has 6 N–H and O–H groups in total. The first kappa shape index (κ1) is 24.9. The number of fused-ring (bicyclic) bond motifs is 1. The molecule has 0 spiro atoms. The topological polar surface area (TPSA) is 165 Å². The maximum absolute atomic E-state index is 10.7. The Morgan fingerprint density at radius 2 is 2.12 bits per heavy atom. The van der Waals surface area contributed by atoms with Crippen molar-refractivity contribution in [3.8, 4) is 0 Å². The van der Waals surface area contributed by atoms with E-state index in [2.05, 4.69) is 32.3 Å². The molecule has 4 atom stereocenters. The maximum Gasteiger partial charge on any atom is 0.207 e. The molecule has 33 heavy (non-hydrogen) atoms. The number of nitrogens with two attached hydrogens (primary N) is 1. The van der Waals surface area contributed by atoms with Crippen LogP contribution in [0, 0.1) is 0 Å². The molecule has 0 radical (unpaired) electrons. The molecule has 0 bridgehead atoms. The standard InChI is InChI=1S/C20H34N8O5/c1-5-31-12(2)26-32-9-7-6-8-27(4)10-13-15(29)16(30)19(33-13)28-18-14(25-20(28)22-3)17(21)23-11-24-18/h11,13,15-16,19,26,29-30H,2,5-10H2,1,3-4H3,(H,22,25)(H2,21,23,24)/t13-,15?,16?,19-/m1/s1. The molecule has 0 aromatic carbocycles. The van der Waals surface area contributed by atoms with E-state index in [0.29, 0.717) is 42.8 Å². The van der Waals surface area contributed by atoms with Gasteiger partial charge >= 0.3 is 0 Å². The van der Waals surface area contributed by atoms with Gasteiger partial charge in [-0.3, -0.25) is 9.40 Å². The highest BCUT2D eigenvalue weighted by Crippen LogP contribution is 2.35. The summed E-state index contributed by atoms with van der Waals surface area (Å²) in [6, 6.07) is 0. The van der Waals surface area contributed by atoms with Crippen LogP contribution in [0.15, 0.2) is 18.8 Å². The van der Waals surface area contributed by atoms with Crippen LogP contribution in [-0.4, -0.2) is 93.3 Å². The number of likely N-dealkylation sites (N-methyl/N-ethyl adjacent to an activating group) is 1. The summed E-state index contributed by atoms with van der Waals surface area (Å²) in [5, 5.41) is 24.3. The number of imidazole rings is 1. The van der Waals surface area contributed by atoms with E-state index in [1.165, 1.54) is 6.33 Å². The van der Waals surface area contributed by atoms with Crippen molar-refractivity contribution in [1.82, 2.24) is 29.9 Å². The van der Waals surface area contributed by atoms with E-state index in [1.807, 2.05) is 18.9 Å². The van der Waals surface area contributed by atoms with Gasteiger partial charge in [0, 0.05) is 13.6 Å². The summed E-state index contributed by atoms with van der Waals surface area (Å²) in [4.78, 5) is 19.9. The molecule has 2 aromatic rings. The van der Waals surface area contributed by atoms with Gasteiger partial charge in [-0.15, -0.1) is 0 Å². The number of nitrogens with one attached hydrogen (secondary N) is 2. The largest absolute Gasteiger partial charge is 0.478 e. The van der Waals surface area contributed by atoms with Crippen molar-refractivity contribution >= 4 is 22.9 Å². The van der Waals surface area contributed by atoms with Crippen LogP contribution in [0.3, 0.4) is 0 Å². The number of hydroxylamine groups is 1. The molecule has 3 heterocycles. The maximum atomic E-state index is 10.7. The highest BCUT2D eigenvalue weighted by Gasteiger charge is 2.45. The van der Waals surface area contributed by atoms with Gasteiger partial charge in [-0.05, 0) is 39.9 Å². The molecule has 1 aliphatic rings. The Bertz CT molecular complexity index is 925. The second-order valence-electron chi connectivity index (χ2n) is 7.81. The van der Waals surface area contributed by atoms with Crippen molar-refractivity contribution in [3.05, 3.63) is 18.8 Å². The molecule has 3 rings (SSSR count). The summed E-state index contributed by atoms with van der Waals surface area (Å²) < 4.78 is 12.8. The quantitative estimate of drug-likeness (QED) is 0.150. The number of anilines is 2. The minimum Gasteiger partial charge on any atom is -0.478 e. The number of hydrogen-bond donors (Lipinski definition) is 5. The normalized spacial score (nSPS) is 22.7. The minimum absolute atomic E-state index is 0.223. The first-order chi connectivity index (χ1) is 15.9. The Morgan fingerprint density at radius 3 is 2.85 bits per heavy atom. The average Bonchev–Trinajstić information content (AvgIpc) is 3.29. The Labute approximate surface area is 192 Å². The third-order valence-electron chi connectivity index (χ3n) is 5.35. The number of aromatic nitrogens is 4. The highest BCUT2D eigenvalue weighted by molar-refractivity contribution is 5.84. The molecule has 13 nitrogen and oxygen atoms in total. The molecular formula is C20H34N8O5. The molecule has 13 heteroatoms.